The topological polar surface area (TPSA) is 501 Å². The summed E-state index contributed by atoms with van der Waals surface area (Å²) in [5, 5.41) is 27.1. The van der Waals surface area contributed by atoms with E-state index in [1.165, 1.54) is 24.9 Å². The lowest BCUT2D eigenvalue weighted by atomic mass is 10.0. The van der Waals surface area contributed by atoms with E-state index in [2.05, 4.69) is 74.0 Å². The summed E-state index contributed by atoms with van der Waals surface area (Å²) in [5.41, 5.74) is 23.2. The second-order valence-electron chi connectivity index (χ2n) is 20.3. The van der Waals surface area contributed by atoms with Gasteiger partial charge in [-0.1, -0.05) is 45.9 Å². The summed E-state index contributed by atoms with van der Waals surface area (Å²) in [6, 6.07) is -0.483. The highest BCUT2D eigenvalue weighted by Gasteiger charge is 2.33. The van der Waals surface area contributed by atoms with Crippen molar-refractivity contribution in [2.75, 3.05) is 26.3 Å². The molecule has 33 nitrogen and oxygen atoms in total. The number of hydrogen-bond donors (Lipinski definition) is 17. The molecule has 3 rings (SSSR count). The summed E-state index contributed by atoms with van der Waals surface area (Å²) >= 11 is 0. The van der Waals surface area contributed by atoms with Crippen molar-refractivity contribution in [3.63, 3.8) is 0 Å². The number of imidazole rings is 1. The molecule has 0 saturated carbocycles. The van der Waals surface area contributed by atoms with E-state index in [4.69, 9.17) is 26.3 Å². The number of fused-ring (bicyclic) bond motifs is 1. The number of nitrogens with one attached hydrogen (secondary N) is 14. The maximum atomic E-state index is 14.2. The van der Waals surface area contributed by atoms with E-state index in [-0.39, 0.29) is 96.3 Å². The summed E-state index contributed by atoms with van der Waals surface area (Å²) in [4.78, 5) is 186. The number of carbonyl (C=O) groups excluding carboxylic acids is 13. The first-order chi connectivity index (χ1) is 40.4. The standard InChI is InChI=1S/C52H79N17O16/c1-28(2)21-36(47(54)77)62-51(81)38(23-32-25-55-27-59-32)61-45(76)26-58-52(82)46(29(3)4)64-48(78)30(5)60-50(80)37(22-31-24-57-34-10-7-6-9-33(31)34)63-49(79)35(12-13-39(53)70)65-66-41(72)15-14-40(71)56-18-8-11-43(74)68-85-20-17-44(75)69-84-19-16-42(73)67-83/h6-7,9-10,24-25,27-30,35-38,46,57,65,83H,8,11-23,26H2,1-5H3,(H2,53,70)(H2,54,77)(H,55,59)(H,56,71)(H,58,82)(H,60,80)(H,61,76)(H,62,81)(H,63,79)(H,64,78)(H,66,72)(H,67,73)(H,68,74)(H,69,75)/t30-,35-,36-,37-,38-,46-/m0/s1. The number of carbonyl (C=O) groups is 13. The molecule has 0 spiro atoms. The van der Waals surface area contributed by atoms with Gasteiger partial charge in [0.05, 0.1) is 38.9 Å². The molecule has 13 amide bonds. The van der Waals surface area contributed by atoms with Crippen LogP contribution in [0, 0.1) is 11.8 Å². The zero-order valence-electron chi connectivity index (χ0n) is 47.9. The van der Waals surface area contributed by atoms with Crippen LogP contribution in [0.15, 0.2) is 43.0 Å². The molecule has 0 radical (unpaired) electrons. The Hall–Kier alpha value is -9.08. The zero-order chi connectivity index (χ0) is 63.0. The van der Waals surface area contributed by atoms with Crippen molar-refractivity contribution in [2.45, 2.75) is 141 Å². The zero-order valence-corrected chi connectivity index (χ0v) is 47.9. The Morgan fingerprint density at radius 1 is 0.612 bits per heavy atom. The first-order valence-corrected chi connectivity index (χ1v) is 27.3. The number of nitrogens with zero attached hydrogens (tertiary/aromatic N) is 1. The summed E-state index contributed by atoms with van der Waals surface area (Å²) in [6.45, 7) is 7.27. The van der Waals surface area contributed by atoms with Crippen molar-refractivity contribution in [1.29, 1.82) is 0 Å². The fourth-order valence-electron chi connectivity index (χ4n) is 7.82. The van der Waals surface area contributed by atoms with Crippen LogP contribution in [-0.2, 0) is 84.8 Å². The van der Waals surface area contributed by atoms with Crippen LogP contribution in [0.4, 0.5) is 0 Å². The summed E-state index contributed by atoms with van der Waals surface area (Å²) < 4.78 is 0. The van der Waals surface area contributed by atoms with E-state index in [9.17, 15) is 62.3 Å². The van der Waals surface area contributed by atoms with E-state index in [1.54, 1.807) is 44.3 Å². The third-order valence-corrected chi connectivity index (χ3v) is 12.4. The number of rotatable bonds is 40. The van der Waals surface area contributed by atoms with Gasteiger partial charge in [-0.2, -0.15) is 0 Å². The maximum Gasteiger partial charge on any atom is 0.245 e. The molecule has 0 aliphatic rings. The molecule has 0 saturated heterocycles. The Labute approximate surface area is 488 Å². The van der Waals surface area contributed by atoms with Gasteiger partial charge in [-0.3, -0.25) is 82.6 Å². The molecule has 0 fully saturated rings. The monoisotopic (exact) mass is 1200 g/mol. The molecule has 0 aliphatic carbocycles. The summed E-state index contributed by atoms with van der Waals surface area (Å²) in [6.07, 6.45) is 2.91. The highest BCUT2D eigenvalue weighted by molar-refractivity contribution is 5.97. The number of H-pyrrole nitrogens is 2. The van der Waals surface area contributed by atoms with Gasteiger partial charge in [0.2, 0.25) is 76.8 Å². The Morgan fingerprint density at radius 2 is 1.24 bits per heavy atom. The van der Waals surface area contributed by atoms with Crippen molar-refractivity contribution in [1.82, 2.24) is 79.5 Å². The molecule has 0 bridgehead atoms. The van der Waals surface area contributed by atoms with Crippen molar-refractivity contribution in [3.8, 4) is 0 Å². The van der Waals surface area contributed by atoms with Crippen molar-refractivity contribution in [3.05, 3.63) is 54.2 Å². The smallest absolute Gasteiger partial charge is 0.245 e. The largest absolute Gasteiger partial charge is 0.370 e. The van der Waals surface area contributed by atoms with Gasteiger partial charge < -0.3 is 58.7 Å². The van der Waals surface area contributed by atoms with Gasteiger partial charge in [-0.15, -0.1) is 0 Å². The summed E-state index contributed by atoms with van der Waals surface area (Å²) in [7, 11) is 0. The Balaban J connectivity index is 1.58. The van der Waals surface area contributed by atoms with Crippen LogP contribution in [0.5, 0.6) is 0 Å². The first-order valence-electron chi connectivity index (χ1n) is 27.3. The lowest BCUT2D eigenvalue weighted by Crippen LogP contribution is -2.59. The van der Waals surface area contributed by atoms with Crippen molar-refractivity contribution in [2.24, 2.45) is 23.3 Å². The molecule has 2 aromatic heterocycles. The van der Waals surface area contributed by atoms with Gasteiger partial charge >= 0.3 is 0 Å². The number of nitrogens with two attached hydrogens (primary N) is 2. The van der Waals surface area contributed by atoms with Crippen LogP contribution in [0.25, 0.3) is 10.9 Å². The number of para-hydroxylation sites is 1. The minimum atomic E-state index is -1.40. The second-order valence-corrected chi connectivity index (χ2v) is 20.3. The number of hydrazine groups is 1. The van der Waals surface area contributed by atoms with Gasteiger partial charge in [-0.25, -0.2) is 26.9 Å². The van der Waals surface area contributed by atoms with Gasteiger partial charge in [0.1, 0.15) is 36.3 Å². The van der Waals surface area contributed by atoms with Crippen LogP contribution in [0.3, 0.4) is 0 Å². The van der Waals surface area contributed by atoms with Gasteiger partial charge in [0.25, 0.3) is 0 Å². The molecule has 468 valence electrons. The molecule has 0 aliphatic heterocycles. The Kier molecular flexibility index (Phi) is 30.7. The van der Waals surface area contributed by atoms with Gasteiger partial charge in [-0.05, 0) is 49.7 Å². The summed E-state index contributed by atoms with van der Waals surface area (Å²) in [5.74, 6) is -10.1. The van der Waals surface area contributed by atoms with Crippen molar-refractivity contribution < 1.29 is 77.2 Å². The second kappa shape index (κ2) is 37.2. The number of benzene rings is 1. The van der Waals surface area contributed by atoms with E-state index in [1.807, 2.05) is 13.8 Å². The predicted molar refractivity (Wildman–Crippen MR) is 298 cm³/mol. The molecular weight excluding hydrogens is 1120 g/mol. The molecule has 0 unspecified atom stereocenters. The van der Waals surface area contributed by atoms with Crippen LogP contribution < -0.4 is 76.0 Å². The number of aromatic nitrogens is 3. The Bertz CT molecular complexity index is 2760. The number of hydroxylamine groups is 3. The molecular formula is C52H79N17O16. The molecule has 6 atom stereocenters. The average Bonchev–Trinajstić information content (AvgIpc) is 4.34. The van der Waals surface area contributed by atoms with Crippen LogP contribution in [0.2, 0.25) is 0 Å². The van der Waals surface area contributed by atoms with Crippen LogP contribution in [-0.4, -0.2) is 160 Å². The van der Waals surface area contributed by atoms with E-state index < -0.39 is 126 Å². The molecule has 85 heavy (non-hydrogen) atoms. The quantitative estimate of drug-likeness (QED) is 0.0146. The predicted octanol–water partition coefficient (Wildman–Crippen LogP) is -4.26. The third kappa shape index (κ3) is 27.2. The molecule has 2 heterocycles. The van der Waals surface area contributed by atoms with Crippen LogP contribution in [0.1, 0.15) is 104 Å². The highest BCUT2D eigenvalue weighted by Crippen LogP contribution is 2.20. The third-order valence-electron chi connectivity index (χ3n) is 12.4. The first kappa shape index (κ1) is 70.2. The normalized spacial score (nSPS) is 13.1. The molecule has 19 N–H and O–H groups in total. The number of aromatic amines is 2. The van der Waals surface area contributed by atoms with Gasteiger partial charge in [0.15, 0.2) is 0 Å². The van der Waals surface area contributed by atoms with E-state index >= 15 is 0 Å². The fraction of sp³-hybridized carbons (Fsp3) is 0.538. The minimum Gasteiger partial charge on any atom is -0.370 e. The fourth-order valence-corrected chi connectivity index (χ4v) is 7.82. The molecule has 1 aromatic carbocycles. The average molecular weight is 1200 g/mol. The molecule has 33 heteroatoms. The Morgan fingerprint density at radius 3 is 1.87 bits per heavy atom. The maximum absolute atomic E-state index is 14.2. The van der Waals surface area contributed by atoms with E-state index in [0.29, 0.717) is 22.2 Å². The number of primary amides is 2. The highest BCUT2D eigenvalue weighted by atomic mass is 16.7. The van der Waals surface area contributed by atoms with E-state index in [0.717, 1.165) is 0 Å². The molecule has 3 aromatic rings. The lowest BCUT2D eigenvalue weighted by molar-refractivity contribution is -0.141. The van der Waals surface area contributed by atoms with Crippen molar-refractivity contribution >= 4 is 87.7 Å². The van der Waals surface area contributed by atoms with Gasteiger partial charge in [0, 0.05) is 74.1 Å². The SMILES string of the molecule is CC(C)C[C@H](NC(=O)[C@H](Cc1cnc[nH]1)NC(=O)CNC(=O)[C@@H](NC(=O)[C@H](C)NC(=O)[C@H](Cc1c[nH]c2ccccc12)NC(=O)[C@H](CCC(N)=O)NNC(=O)CCC(=O)NCCCC(=O)NOCCC(=O)NOCCC(=O)NO)C(C)C)C(N)=O. The number of amides is 13. The lowest BCUT2D eigenvalue weighted by Gasteiger charge is -2.26. The van der Waals surface area contributed by atoms with Crippen LogP contribution >= 0.6 is 0 Å². The minimum absolute atomic E-state index is 0.00462. The number of hydrogen-bond acceptors (Lipinski definition) is 18.